The summed E-state index contributed by atoms with van der Waals surface area (Å²) in [5, 5.41) is 3.29. The van der Waals surface area contributed by atoms with E-state index in [1.165, 1.54) is 13.8 Å². The number of amides is 1. The van der Waals surface area contributed by atoms with Crippen molar-refractivity contribution in [3.05, 3.63) is 0 Å². The minimum absolute atomic E-state index is 0.263. The lowest BCUT2D eigenvalue weighted by Crippen LogP contribution is -2.67. The zero-order chi connectivity index (χ0) is 12.7. The van der Waals surface area contributed by atoms with Crippen LogP contribution in [0.3, 0.4) is 0 Å². The van der Waals surface area contributed by atoms with E-state index in [-0.39, 0.29) is 5.91 Å². The molecule has 6 heteroatoms. The molecule has 2 aliphatic heterocycles. The fourth-order valence-corrected chi connectivity index (χ4v) is 3.99. The highest BCUT2D eigenvalue weighted by Gasteiger charge is 2.59. The van der Waals surface area contributed by atoms with E-state index < -0.39 is 14.8 Å². The van der Waals surface area contributed by atoms with Crippen molar-refractivity contribution in [1.29, 1.82) is 0 Å². The van der Waals surface area contributed by atoms with E-state index in [4.69, 9.17) is 0 Å². The van der Waals surface area contributed by atoms with Gasteiger partial charge in [-0.1, -0.05) is 0 Å². The van der Waals surface area contributed by atoms with Crippen molar-refractivity contribution in [2.75, 3.05) is 19.6 Å². The third kappa shape index (κ3) is 1.97. The molecule has 1 amide bonds. The van der Waals surface area contributed by atoms with Gasteiger partial charge in [-0.2, -0.15) is 0 Å². The Morgan fingerprint density at radius 1 is 1.47 bits per heavy atom. The van der Waals surface area contributed by atoms with E-state index in [1.54, 1.807) is 0 Å². The highest BCUT2D eigenvalue weighted by molar-refractivity contribution is 7.94. The number of piperidine rings is 1. The van der Waals surface area contributed by atoms with Crippen LogP contribution >= 0.6 is 0 Å². The number of sulfonamides is 1. The molecule has 0 aliphatic carbocycles. The van der Waals surface area contributed by atoms with E-state index >= 15 is 0 Å². The van der Waals surface area contributed by atoms with Crippen LogP contribution in [-0.2, 0) is 14.8 Å². The molecule has 0 aromatic heterocycles. The van der Waals surface area contributed by atoms with Gasteiger partial charge in [0, 0.05) is 6.54 Å². The maximum absolute atomic E-state index is 11.8. The van der Waals surface area contributed by atoms with Crippen molar-refractivity contribution in [1.82, 2.24) is 9.62 Å². The first kappa shape index (κ1) is 12.8. The Bertz CT molecular complexity index is 410. The summed E-state index contributed by atoms with van der Waals surface area (Å²) < 4.78 is 23.5. The maximum atomic E-state index is 11.8. The second-order valence-corrected chi connectivity index (χ2v) is 7.81. The Morgan fingerprint density at radius 2 is 2.18 bits per heavy atom. The third-order valence-electron chi connectivity index (χ3n) is 3.82. The second-order valence-electron chi connectivity index (χ2n) is 5.39. The molecule has 0 spiro atoms. The molecule has 98 valence electrons. The Morgan fingerprint density at radius 3 is 2.71 bits per heavy atom. The molecule has 2 rings (SSSR count). The molecule has 0 aromatic rings. The first-order valence-corrected chi connectivity index (χ1v) is 7.59. The normalized spacial score (nSPS) is 31.1. The molecule has 5 nitrogen and oxygen atoms in total. The van der Waals surface area contributed by atoms with Gasteiger partial charge in [0.1, 0.15) is 0 Å². The fraction of sp³-hybridized carbons (Fsp3) is 0.909. The van der Waals surface area contributed by atoms with Gasteiger partial charge in [-0.25, -0.2) is 12.7 Å². The predicted octanol–water partition coefficient (Wildman–Crippen LogP) is 0.327. The lowest BCUT2D eigenvalue weighted by Gasteiger charge is -2.43. The van der Waals surface area contributed by atoms with Gasteiger partial charge in [-0.05, 0) is 52.1 Å². The molecule has 0 saturated carbocycles. The summed E-state index contributed by atoms with van der Waals surface area (Å²) in [6.07, 6.45) is 3.03. The zero-order valence-corrected chi connectivity index (χ0v) is 11.2. The summed E-state index contributed by atoms with van der Waals surface area (Å²) in [5.41, 5.74) is 0. The van der Waals surface area contributed by atoms with Crippen LogP contribution < -0.4 is 5.32 Å². The topological polar surface area (TPSA) is 66.5 Å². The van der Waals surface area contributed by atoms with E-state index in [1.807, 2.05) is 0 Å². The molecule has 0 aromatic carbocycles. The van der Waals surface area contributed by atoms with Crippen molar-refractivity contribution in [3.8, 4) is 0 Å². The van der Waals surface area contributed by atoms with E-state index in [2.05, 4.69) is 5.32 Å². The van der Waals surface area contributed by atoms with E-state index in [0.29, 0.717) is 12.5 Å². The summed E-state index contributed by atoms with van der Waals surface area (Å²) in [7, 11) is -3.39. The van der Waals surface area contributed by atoms with Gasteiger partial charge in [0.25, 0.3) is 15.9 Å². The van der Waals surface area contributed by atoms with Crippen molar-refractivity contribution in [3.63, 3.8) is 0 Å². The summed E-state index contributed by atoms with van der Waals surface area (Å²) >= 11 is 0. The fourth-order valence-electron chi connectivity index (χ4n) is 2.45. The molecule has 0 radical (unpaired) electrons. The van der Waals surface area contributed by atoms with Crippen molar-refractivity contribution in [2.24, 2.45) is 5.92 Å². The van der Waals surface area contributed by atoms with Crippen LogP contribution in [0.25, 0.3) is 0 Å². The molecule has 2 saturated heterocycles. The van der Waals surface area contributed by atoms with Crippen LogP contribution in [0.1, 0.15) is 33.1 Å². The van der Waals surface area contributed by atoms with Gasteiger partial charge in [-0.15, -0.1) is 0 Å². The predicted molar refractivity (Wildman–Crippen MR) is 64.9 cm³/mol. The second kappa shape index (κ2) is 4.24. The van der Waals surface area contributed by atoms with E-state index in [9.17, 15) is 13.2 Å². The average molecular weight is 260 g/mol. The molecule has 0 bridgehead atoms. The largest absolute Gasteiger partial charge is 0.316 e. The van der Waals surface area contributed by atoms with Crippen LogP contribution in [0.4, 0.5) is 0 Å². The lowest BCUT2D eigenvalue weighted by molar-refractivity contribution is -0.132. The number of nitrogens with one attached hydrogen (secondary N) is 1. The first-order chi connectivity index (χ1) is 7.87. The average Bonchev–Trinajstić information content (AvgIpc) is 2.29. The first-order valence-electron chi connectivity index (χ1n) is 6.15. The standard InChI is InChI=1S/C11H20N2O3S/c1-11(2)10(14)13(17(11,15)16)7-5-9-4-3-6-12-8-9/h9,12H,3-8H2,1-2H3. The zero-order valence-electron chi connectivity index (χ0n) is 10.4. The van der Waals surface area contributed by atoms with Crippen molar-refractivity contribution < 1.29 is 13.2 Å². The Kier molecular flexibility index (Phi) is 3.20. The molecule has 2 fully saturated rings. The van der Waals surface area contributed by atoms with Crippen LogP contribution in [0.2, 0.25) is 0 Å². The summed E-state index contributed by atoms with van der Waals surface area (Å²) in [6.45, 7) is 5.28. The Hall–Kier alpha value is -0.620. The number of carbonyl (C=O) groups is 1. The van der Waals surface area contributed by atoms with Crippen LogP contribution in [0.5, 0.6) is 0 Å². The van der Waals surface area contributed by atoms with Crippen LogP contribution in [0.15, 0.2) is 0 Å². The Balaban J connectivity index is 1.91. The lowest BCUT2D eigenvalue weighted by atomic mass is 9.96. The van der Waals surface area contributed by atoms with Gasteiger partial charge in [0.2, 0.25) is 0 Å². The summed E-state index contributed by atoms with van der Waals surface area (Å²) in [4.78, 5) is 11.7. The van der Waals surface area contributed by atoms with Gasteiger partial charge in [-0.3, -0.25) is 4.79 Å². The molecule has 2 heterocycles. The number of hydrogen-bond donors (Lipinski definition) is 1. The quantitative estimate of drug-likeness (QED) is 0.794. The molecule has 1 atom stereocenters. The summed E-state index contributed by atoms with van der Waals surface area (Å²) in [6, 6.07) is 0. The number of nitrogens with zero attached hydrogens (tertiary/aromatic N) is 1. The molecule has 2 aliphatic rings. The minimum Gasteiger partial charge on any atom is -0.316 e. The Labute approximate surface area is 103 Å². The molecule has 1 N–H and O–H groups in total. The summed E-state index contributed by atoms with van der Waals surface area (Å²) in [5.74, 6) is 0.233. The monoisotopic (exact) mass is 260 g/mol. The van der Waals surface area contributed by atoms with Gasteiger partial charge < -0.3 is 5.32 Å². The van der Waals surface area contributed by atoms with Gasteiger partial charge in [0.15, 0.2) is 4.75 Å². The van der Waals surface area contributed by atoms with E-state index in [0.717, 1.165) is 36.7 Å². The highest BCUT2D eigenvalue weighted by atomic mass is 32.2. The molecule has 1 unspecified atom stereocenters. The molecular formula is C11H20N2O3S. The smallest absolute Gasteiger partial charge is 0.258 e. The third-order valence-corrected chi connectivity index (χ3v) is 6.21. The number of rotatable bonds is 3. The molecule has 17 heavy (non-hydrogen) atoms. The van der Waals surface area contributed by atoms with Crippen LogP contribution in [0, 0.1) is 5.92 Å². The van der Waals surface area contributed by atoms with Crippen LogP contribution in [-0.4, -0.2) is 43.0 Å². The highest BCUT2D eigenvalue weighted by Crippen LogP contribution is 2.35. The molecular weight excluding hydrogens is 240 g/mol. The number of carbonyl (C=O) groups excluding carboxylic acids is 1. The van der Waals surface area contributed by atoms with Gasteiger partial charge >= 0.3 is 0 Å². The van der Waals surface area contributed by atoms with Crippen molar-refractivity contribution in [2.45, 2.75) is 37.9 Å². The van der Waals surface area contributed by atoms with Gasteiger partial charge in [0.05, 0.1) is 0 Å². The number of hydrogen-bond acceptors (Lipinski definition) is 4. The minimum atomic E-state index is -3.39. The maximum Gasteiger partial charge on any atom is 0.258 e. The SMILES string of the molecule is CC1(C)C(=O)N(CCC2CCCNC2)S1(=O)=O. The van der Waals surface area contributed by atoms with Crippen molar-refractivity contribution >= 4 is 15.9 Å².